The van der Waals surface area contributed by atoms with Gasteiger partial charge in [-0.2, -0.15) is 0 Å². The number of nitrogens with zero attached hydrogens (tertiary/aromatic N) is 2. The molecule has 0 radical (unpaired) electrons. The molecule has 0 unspecified atom stereocenters. The summed E-state index contributed by atoms with van der Waals surface area (Å²) in [5.74, 6) is 0.420. The number of sulfone groups is 1. The number of methoxy groups -OCH3 is 1. The third-order valence-electron chi connectivity index (χ3n) is 3.39. The second-order valence-electron chi connectivity index (χ2n) is 5.30. The Hall–Kier alpha value is -0.580. The smallest absolute Gasteiger partial charge is 0.307 e. The molecule has 1 N–H and O–H groups in total. The van der Waals surface area contributed by atoms with Crippen molar-refractivity contribution in [3.8, 4) is 0 Å². The summed E-state index contributed by atoms with van der Waals surface area (Å²) in [4.78, 5) is 17.1. The van der Waals surface area contributed by atoms with E-state index in [1.54, 1.807) is 20.9 Å². The SMILES string of the molecule is CN=C(NCCC(=O)OC)N1CCS(=O)(=O)C(C)(C)C1.I. The fraction of sp³-hybridized carbons (Fsp3) is 0.833. The highest BCUT2D eigenvalue weighted by Crippen LogP contribution is 2.23. The predicted octanol–water partition coefficient (Wildman–Crippen LogP) is 0.252. The van der Waals surface area contributed by atoms with Gasteiger partial charge >= 0.3 is 5.97 Å². The van der Waals surface area contributed by atoms with Gasteiger partial charge in [-0.1, -0.05) is 0 Å². The second kappa shape index (κ2) is 8.16. The van der Waals surface area contributed by atoms with E-state index < -0.39 is 14.6 Å². The third kappa shape index (κ3) is 5.28. The summed E-state index contributed by atoms with van der Waals surface area (Å²) in [5.41, 5.74) is 0. The Balaban J connectivity index is 0.00000400. The summed E-state index contributed by atoms with van der Waals surface area (Å²) in [7, 11) is -0.0942. The molecule has 0 spiro atoms. The van der Waals surface area contributed by atoms with E-state index in [1.165, 1.54) is 7.11 Å². The van der Waals surface area contributed by atoms with Gasteiger partial charge in [0.05, 0.1) is 24.0 Å². The van der Waals surface area contributed by atoms with Gasteiger partial charge in [0.15, 0.2) is 15.8 Å². The van der Waals surface area contributed by atoms with Crippen molar-refractivity contribution in [2.24, 2.45) is 4.99 Å². The molecular formula is C12H24IN3O4S. The number of aliphatic imine (C=N–C) groups is 1. The molecule has 0 amide bonds. The van der Waals surface area contributed by atoms with Gasteiger partial charge in [0.1, 0.15) is 0 Å². The first-order valence-corrected chi connectivity index (χ1v) is 8.13. The topological polar surface area (TPSA) is 88.1 Å². The molecule has 0 atom stereocenters. The molecule has 124 valence electrons. The largest absolute Gasteiger partial charge is 0.469 e. The fourth-order valence-electron chi connectivity index (χ4n) is 2.04. The molecule has 7 nitrogen and oxygen atoms in total. The number of carbonyl (C=O) groups is 1. The Morgan fingerprint density at radius 1 is 1.43 bits per heavy atom. The van der Waals surface area contributed by atoms with Crippen LogP contribution in [0.25, 0.3) is 0 Å². The van der Waals surface area contributed by atoms with Crippen LogP contribution in [0.4, 0.5) is 0 Å². The minimum Gasteiger partial charge on any atom is -0.469 e. The maximum Gasteiger partial charge on any atom is 0.307 e. The van der Waals surface area contributed by atoms with Crippen molar-refractivity contribution in [3.63, 3.8) is 0 Å². The third-order valence-corrected chi connectivity index (χ3v) is 5.93. The summed E-state index contributed by atoms with van der Waals surface area (Å²) >= 11 is 0. The van der Waals surface area contributed by atoms with Crippen LogP contribution >= 0.6 is 24.0 Å². The van der Waals surface area contributed by atoms with Crippen LogP contribution in [-0.2, 0) is 19.4 Å². The van der Waals surface area contributed by atoms with E-state index in [2.05, 4.69) is 15.0 Å². The van der Waals surface area contributed by atoms with Crippen LogP contribution in [0.3, 0.4) is 0 Å². The zero-order chi connectivity index (χ0) is 15.4. The summed E-state index contributed by atoms with van der Waals surface area (Å²) in [6.07, 6.45) is 0.241. The maximum absolute atomic E-state index is 12.0. The van der Waals surface area contributed by atoms with Crippen molar-refractivity contribution in [1.82, 2.24) is 10.2 Å². The van der Waals surface area contributed by atoms with Gasteiger partial charge in [0.2, 0.25) is 0 Å². The first-order chi connectivity index (χ1) is 9.23. The van der Waals surface area contributed by atoms with Gasteiger partial charge in [-0.05, 0) is 13.8 Å². The van der Waals surface area contributed by atoms with Gasteiger partial charge in [0, 0.05) is 26.7 Å². The molecule has 0 aromatic carbocycles. The number of hydrogen-bond acceptors (Lipinski definition) is 5. The average molecular weight is 433 g/mol. The van der Waals surface area contributed by atoms with Crippen LogP contribution in [0.2, 0.25) is 0 Å². The van der Waals surface area contributed by atoms with Crippen LogP contribution < -0.4 is 5.32 Å². The minimum absolute atomic E-state index is 0. The Labute approximate surface area is 143 Å². The lowest BCUT2D eigenvalue weighted by Gasteiger charge is -2.39. The van der Waals surface area contributed by atoms with Crippen LogP contribution in [0.15, 0.2) is 4.99 Å². The van der Waals surface area contributed by atoms with Crippen molar-refractivity contribution in [2.75, 3.05) is 39.5 Å². The quantitative estimate of drug-likeness (QED) is 0.297. The van der Waals surface area contributed by atoms with Gasteiger partial charge < -0.3 is 15.0 Å². The van der Waals surface area contributed by atoms with E-state index in [-0.39, 0.29) is 42.1 Å². The fourth-order valence-corrected chi connectivity index (χ4v) is 3.40. The van der Waals surface area contributed by atoms with Gasteiger partial charge in [-0.15, -0.1) is 24.0 Å². The van der Waals surface area contributed by atoms with Crippen molar-refractivity contribution in [2.45, 2.75) is 25.0 Å². The lowest BCUT2D eigenvalue weighted by molar-refractivity contribution is -0.140. The Morgan fingerprint density at radius 2 is 2.05 bits per heavy atom. The highest BCUT2D eigenvalue weighted by atomic mass is 127. The monoisotopic (exact) mass is 433 g/mol. The number of carbonyl (C=O) groups excluding carboxylic acids is 1. The number of guanidine groups is 1. The van der Waals surface area contributed by atoms with E-state index >= 15 is 0 Å². The standard InChI is InChI=1S/C12H23N3O4S.HI/c1-12(2)9-15(7-8-20(12,17)18)11(13-3)14-6-5-10(16)19-4;/h5-9H2,1-4H3,(H,13,14);1H. The van der Waals surface area contributed by atoms with E-state index in [4.69, 9.17) is 0 Å². The van der Waals surface area contributed by atoms with Crippen LogP contribution in [0.1, 0.15) is 20.3 Å². The summed E-state index contributed by atoms with van der Waals surface area (Å²) in [6.45, 7) is 4.63. The number of esters is 1. The number of hydrogen-bond donors (Lipinski definition) is 1. The predicted molar refractivity (Wildman–Crippen MR) is 92.8 cm³/mol. The van der Waals surface area contributed by atoms with Crippen molar-refractivity contribution in [3.05, 3.63) is 0 Å². The molecule has 0 bridgehead atoms. The van der Waals surface area contributed by atoms with E-state index in [0.717, 1.165) is 0 Å². The molecule has 1 heterocycles. The van der Waals surface area contributed by atoms with Crippen molar-refractivity contribution in [1.29, 1.82) is 0 Å². The number of nitrogens with one attached hydrogen (secondary N) is 1. The lowest BCUT2D eigenvalue weighted by Crippen LogP contribution is -2.57. The highest BCUT2D eigenvalue weighted by Gasteiger charge is 2.40. The Morgan fingerprint density at radius 3 is 2.52 bits per heavy atom. The lowest BCUT2D eigenvalue weighted by atomic mass is 10.2. The Kier molecular flexibility index (Phi) is 7.93. The number of ether oxygens (including phenoxy) is 1. The van der Waals surface area contributed by atoms with E-state index in [9.17, 15) is 13.2 Å². The van der Waals surface area contributed by atoms with Crippen LogP contribution in [-0.4, -0.2) is 69.5 Å². The van der Waals surface area contributed by atoms with Crippen molar-refractivity contribution >= 4 is 45.7 Å². The molecule has 1 fully saturated rings. The van der Waals surface area contributed by atoms with E-state index in [1.807, 2.05) is 4.90 Å². The van der Waals surface area contributed by atoms with E-state index in [0.29, 0.717) is 25.6 Å². The molecule has 0 saturated carbocycles. The minimum atomic E-state index is -3.07. The zero-order valence-electron chi connectivity index (χ0n) is 12.9. The summed E-state index contributed by atoms with van der Waals surface area (Å²) in [5, 5.41) is 3.05. The molecule has 0 aliphatic carbocycles. The highest BCUT2D eigenvalue weighted by molar-refractivity contribution is 14.0. The summed E-state index contributed by atoms with van der Waals surface area (Å²) < 4.78 is 27.7. The first kappa shape index (κ1) is 20.4. The maximum atomic E-state index is 12.0. The molecule has 9 heteroatoms. The molecule has 0 aromatic heterocycles. The molecule has 1 aliphatic rings. The van der Waals surface area contributed by atoms with Crippen LogP contribution in [0, 0.1) is 0 Å². The average Bonchev–Trinajstić information content (AvgIpc) is 2.38. The van der Waals surface area contributed by atoms with Gasteiger partial charge in [0.25, 0.3) is 0 Å². The van der Waals surface area contributed by atoms with Crippen molar-refractivity contribution < 1.29 is 17.9 Å². The molecule has 0 aromatic rings. The van der Waals surface area contributed by atoms with Gasteiger partial charge in [-0.25, -0.2) is 8.42 Å². The molecule has 1 rings (SSSR count). The summed E-state index contributed by atoms with van der Waals surface area (Å²) in [6, 6.07) is 0. The molecule has 1 aliphatic heterocycles. The van der Waals surface area contributed by atoms with Crippen LogP contribution in [0.5, 0.6) is 0 Å². The molecule has 21 heavy (non-hydrogen) atoms. The Bertz CT molecular complexity index is 491. The normalized spacial score (nSPS) is 20.4. The number of halogens is 1. The second-order valence-corrected chi connectivity index (χ2v) is 8.04. The zero-order valence-corrected chi connectivity index (χ0v) is 16.0. The number of rotatable bonds is 3. The molecular weight excluding hydrogens is 409 g/mol. The molecule has 1 saturated heterocycles. The first-order valence-electron chi connectivity index (χ1n) is 6.48. The van der Waals surface area contributed by atoms with Gasteiger partial charge in [-0.3, -0.25) is 9.79 Å².